The fourth-order valence-corrected chi connectivity index (χ4v) is 1.66. The van der Waals surface area contributed by atoms with Crippen molar-refractivity contribution in [2.75, 3.05) is 19.7 Å². The van der Waals surface area contributed by atoms with Gasteiger partial charge in [0.15, 0.2) is 0 Å². The fourth-order valence-electron chi connectivity index (χ4n) is 1.66. The average molecular weight is 237 g/mol. The molecule has 1 rings (SSSR count). The number of rotatable bonds is 8. The van der Waals surface area contributed by atoms with Crippen molar-refractivity contribution in [3.63, 3.8) is 0 Å². The number of aliphatic hydroxyl groups excluding tert-OH is 1. The van der Waals surface area contributed by atoms with Gasteiger partial charge in [0.05, 0.1) is 6.42 Å². The van der Waals surface area contributed by atoms with Crippen molar-refractivity contribution in [1.29, 1.82) is 0 Å². The van der Waals surface area contributed by atoms with Crippen LogP contribution < -0.4 is 0 Å². The summed E-state index contributed by atoms with van der Waals surface area (Å²) < 4.78 is 0. The van der Waals surface area contributed by atoms with Crippen molar-refractivity contribution in [1.82, 2.24) is 4.90 Å². The third-order valence-electron chi connectivity index (χ3n) is 2.52. The van der Waals surface area contributed by atoms with Crippen LogP contribution in [0, 0.1) is 0 Å². The topological polar surface area (TPSA) is 60.8 Å². The summed E-state index contributed by atoms with van der Waals surface area (Å²) in [6.45, 7) is 2.11. The first-order chi connectivity index (χ1) is 8.22. The molecule has 0 saturated carbocycles. The molecule has 0 bridgehead atoms. The largest absolute Gasteiger partial charge is 0.481 e. The molecule has 17 heavy (non-hydrogen) atoms. The lowest BCUT2D eigenvalue weighted by atomic mass is 10.2. The van der Waals surface area contributed by atoms with Crippen molar-refractivity contribution in [2.24, 2.45) is 0 Å². The number of aliphatic hydroxyl groups is 1. The van der Waals surface area contributed by atoms with Crippen LogP contribution in [-0.4, -0.2) is 40.8 Å². The number of benzene rings is 1. The summed E-state index contributed by atoms with van der Waals surface area (Å²) in [6, 6.07) is 9.94. The molecular weight excluding hydrogens is 218 g/mol. The van der Waals surface area contributed by atoms with E-state index in [0.717, 1.165) is 18.7 Å². The van der Waals surface area contributed by atoms with Gasteiger partial charge in [0, 0.05) is 26.2 Å². The molecule has 0 saturated heterocycles. The first kappa shape index (κ1) is 13.7. The van der Waals surface area contributed by atoms with Gasteiger partial charge < -0.3 is 10.2 Å². The molecule has 0 aliphatic heterocycles. The highest BCUT2D eigenvalue weighted by Crippen LogP contribution is 2.05. The Morgan fingerprint density at radius 1 is 1.18 bits per heavy atom. The van der Waals surface area contributed by atoms with E-state index in [9.17, 15) is 4.79 Å². The van der Waals surface area contributed by atoms with Crippen molar-refractivity contribution in [2.45, 2.75) is 19.4 Å². The van der Waals surface area contributed by atoms with Crippen LogP contribution in [-0.2, 0) is 11.3 Å². The van der Waals surface area contributed by atoms with E-state index in [-0.39, 0.29) is 13.0 Å². The number of aliphatic carboxylic acids is 1. The summed E-state index contributed by atoms with van der Waals surface area (Å²) in [7, 11) is 0. The molecule has 0 aliphatic carbocycles. The normalized spacial score (nSPS) is 10.7. The summed E-state index contributed by atoms with van der Waals surface area (Å²) >= 11 is 0. The Balaban J connectivity index is 2.47. The lowest BCUT2D eigenvalue weighted by Gasteiger charge is -2.21. The molecule has 1 aromatic carbocycles. The van der Waals surface area contributed by atoms with E-state index in [0.29, 0.717) is 13.0 Å². The minimum absolute atomic E-state index is 0.137. The number of carboxylic acids is 1. The molecule has 0 radical (unpaired) electrons. The van der Waals surface area contributed by atoms with Crippen LogP contribution in [0.5, 0.6) is 0 Å². The molecule has 0 amide bonds. The van der Waals surface area contributed by atoms with Gasteiger partial charge in [0.2, 0.25) is 0 Å². The van der Waals surface area contributed by atoms with Crippen molar-refractivity contribution >= 4 is 5.97 Å². The van der Waals surface area contributed by atoms with Gasteiger partial charge >= 0.3 is 5.97 Å². The zero-order chi connectivity index (χ0) is 12.5. The Labute approximate surface area is 101 Å². The van der Waals surface area contributed by atoms with Gasteiger partial charge in [-0.3, -0.25) is 9.69 Å². The molecule has 0 heterocycles. The third kappa shape index (κ3) is 6.04. The van der Waals surface area contributed by atoms with E-state index >= 15 is 0 Å². The number of hydrogen-bond donors (Lipinski definition) is 2. The number of carbonyl (C=O) groups is 1. The predicted molar refractivity (Wildman–Crippen MR) is 65.7 cm³/mol. The lowest BCUT2D eigenvalue weighted by molar-refractivity contribution is -0.137. The zero-order valence-corrected chi connectivity index (χ0v) is 9.88. The number of carboxylic acid groups (broad SMARTS) is 1. The maximum Gasteiger partial charge on any atom is 0.304 e. The molecule has 1 aromatic rings. The van der Waals surface area contributed by atoms with Gasteiger partial charge in [-0.05, 0) is 12.0 Å². The Bertz CT molecular complexity index is 327. The monoisotopic (exact) mass is 237 g/mol. The molecule has 0 fully saturated rings. The summed E-state index contributed by atoms with van der Waals surface area (Å²) in [5, 5.41) is 17.5. The van der Waals surface area contributed by atoms with Crippen LogP contribution >= 0.6 is 0 Å². The van der Waals surface area contributed by atoms with Crippen molar-refractivity contribution in [3.05, 3.63) is 35.9 Å². The van der Waals surface area contributed by atoms with E-state index in [2.05, 4.69) is 4.90 Å². The molecule has 0 unspecified atom stereocenters. The first-order valence-corrected chi connectivity index (χ1v) is 5.81. The predicted octanol–water partition coefficient (Wildman–Crippen LogP) is 1.35. The average Bonchev–Trinajstić information content (AvgIpc) is 2.34. The summed E-state index contributed by atoms with van der Waals surface area (Å²) in [5.41, 5.74) is 1.16. The Kier molecular flexibility index (Phi) is 6.29. The van der Waals surface area contributed by atoms with Gasteiger partial charge in [0.25, 0.3) is 0 Å². The summed E-state index contributed by atoms with van der Waals surface area (Å²) in [6.07, 6.45) is 0.810. The zero-order valence-electron chi connectivity index (χ0n) is 9.88. The van der Waals surface area contributed by atoms with Gasteiger partial charge in [0.1, 0.15) is 0 Å². The van der Waals surface area contributed by atoms with Crippen LogP contribution in [0.25, 0.3) is 0 Å². The highest BCUT2D eigenvalue weighted by Gasteiger charge is 2.07. The summed E-state index contributed by atoms with van der Waals surface area (Å²) in [4.78, 5) is 12.6. The van der Waals surface area contributed by atoms with E-state index in [1.807, 2.05) is 30.3 Å². The third-order valence-corrected chi connectivity index (χ3v) is 2.52. The second kappa shape index (κ2) is 7.81. The van der Waals surface area contributed by atoms with Gasteiger partial charge in [-0.25, -0.2) is 0 Å². The van der Waals surface area contributed by atoms with Gasteiger partial charge in [-0.15, -0.1) is 0 Å². The summed E-state index contributed by atoms with van der Waals surface area (Å²) in [5.74, 6) is -0.785. The van der Waals surface area contributed by atoms with Crippen molar-refractivity contribution in [3.8, 4) is 0 Å². The Morgan fingerprint density at radius 3 is 2.47 bits per heavy atom. The van der Waals surface area contributed by atoms with Crippen LogP contribution in [0.4, 0.5) is 0 Å². The number of nitrogens with zero attached hydrogens (tertiary/aromatic N) is 1. The molecule has 0 aliphatic rings. The quantitative estimate of drug-likeness (QED) is 0.716. The highest BCUT2D eigenvalue weighted by molar-refractivity contribution is 5.66. The Hall–Kier alpha value is -1.39. The molecule has 0 spiro atoms. The maximum absolute atomic E-state index is 10.6. The van der Waals surface area contributed by atoms with E-state index in [4.69, 9.17) is 10.2 Å². The molecular formula is C13H19NO3. The van der Waals surface area contributed by atoms with Crippen LogP contribution in [0.1, 0.15) is 18.4 Å². The van der Waals surface area contributed by atoms with E-state index in [1.54, 1.807) is 0 Å². The molecule has 94 valence electrons. The van der Waals surface area contributed by atoms with E-state index in [1.165, 1.54) is 0 Å². The minimum Gasteiger partial charge on any atom is -0.481 e. The highest BCUT2D eigenvalue weighted by atomic mass is 16.4. The SMILES string of the molecule is O=C(O)CCN(CCCO)Cc1ccccc1. The van der Waals surface area contributed by atoms with Crippen LogP contribution in [0.2, 0.25) is 0 Å². The van der Waals surface area contributed by atoms with E-state index < -0.39 is 5.97 Å². The molecule has 0 aromatic heterocycles. The minimum atomic E-state index is -0.785. The maximum atomic E-state index is 10.6. The van der Waals surface area contributed by atoms with Gasteiger partial charge in [-0.1, -0.05) is 30.3 Å². The van der Waals surface area contributed by atoms with Crippen molar-refractivity contribution < 1.29 is 15.0 Å². The molecule has 4 heteroatoms. The standard InChI is InChI=1S/C13H19NO3/c15-10-4-8-14(9-7-13(16)17)11-12-5-2-1-3-6-12/h1-3,5-6,15H,4,7-11H2,(H,16,17). The fraction of sp³-hybridized carbons (Fsp3) is 0.462. The number of hydrogen-bond acceptors (Lipinski definition) is 3. The lowest BCUT2D eigenvalue weighted by Crippen LogP contribution is -2.27. The molecule has 4 nitrogen and oxygen atoms in total. The van der Waals surface area contributed by atoms with Crippen LogP contribution in [0.15, 0.2) is 30.3 Å². The molecule has 2 N–H and O–H groups in total. The Morgan fingerprint density at radius 2 is 1.88 bits per heavy atom. The second-order valence-electron chi connectivity index (χ2n) is 3.98. The van der Waals surface area contributed by atoms with Crippen LogP contribution in [0.3, 0.4) is 0 Å². The molecule has 0 atom stereocenters. The first-order valence-electron chi connectivity index (χ1n) is 5.81. The van der Waals surface area contributed by atoms with Gasteiger partial charge in [-0.2, -0.15) is 0 Å². The second-order valence-corrected chi connectivity index (χ2v) is 3.98. The smallest absolute Gasteiger partial charge is 0.304 e.